The monoisotopic (exact) mass is 444 g/mol. The summed E-state index contributed by atoms with van der Waals surface area (Å²) in [6.07, 6.45) is 5.91. The first kappa shape index (κ1) is 25.0. The smallest absolute Gasteiger partial charge is 0.120 e. The second kappa shape index (κ2) is 12.6. The first-order valence-electron chi connectivity index (χ1n) is 12.2. The Hall–Kier alpha value is -2.62. The van der Waals surface area contributed by atoms with Gasteiger partial charge >= 0.3 is 0 Å². The zero-order valence-electron chi connectivity index (χ0n) is 20.8. The van der Waals surface area contributed by atoms with Gasteiger partial charge in [0, 0.05) is 11.6 Å². The minimum absolute atomic E-state index is 0.111. The molecule has 4 rings (SSSR count). The first-order valence-corrected chi connectivity index (χ1v) is 12.2. The fourth-order valence-corrected chi connectivity index (χ4v) is 4.71. The van der Waals surface area contributed by atoms with Crippen LogP contribution >= 0.6 is 0 Å². The molecular formula is C30H40N2O. The molecule has 0 spiro atoms. The molecule has 0 unspecified atom stereocenters. The number of hydrogen-bond donors (Lipinski definition) is 1. The van der Waals surface area contributed by atoms with Gasteiger partial charge in [-0.3, -0.25) is 4.90 Å². The predicted molar refractivity (Wildman–Crippen MR) is 140 cm³/mol. The molecule has 1 aliphatic rings. The Kier molecular flexibility index (Phi) is 9.53. The third-order valence-corrected chi connectivity index (χ3v) is 6.95. The highest BCUT2D eigenvalue weighted by Gasteiger charge is 2.38. The van der Waals surface area contributed by atoms with Crippen molar-refractivity contribution in [2.75, 3.05) is 21.1 Å². The van der Waals surface area contributed by atoms with Crippen molar-refractivity contribution >= 4 is 0 Å². The van der Waals surface area contributed by atoms with Crippen molar-refractivity contribution in [3.8, 4) is 5.75 Å². The van der Waals surface area contributed by atoms with Crippen molar-refractivity contribution in [3.63, 3.8) is 0 Å². The highest BCUT2D eigenvalue weighted by Crippen LogP contribution is 2.42. The standard InChI is InChI=1S/C22H30N2O.C8H10/c1-23-20-12-14-22(15-13-20,24(2)3)19-10-7-11-21(16-19)25-17-18-8-5-4-6-9-18;1-2-8-6-4-3-5-7-8/h4-11,16,20,23H,12-15,17H2,1-3H3;3-7H,2H2,1H3. The van der Waals surface area contributed by atoms with Gasteiger partial charge in [0.25, 0.3) is 0 Å². The Bertz CT molecular complexity index is 932. The molecule has 33 heavy (non-hydrogen) atoms. The van der Waals surface area contributed by atoms with Gasteiger partial charge in [-0.1, -0.05) is 79.7 Å². The Morgan fingerprint density at radius 2 is 1.45 bits per heavy atom. The molecule has 0 heterocycles. The molecule has 3 aromatic carbocycles. The van der Waals surface area contributed by atoms with Crippen LogP contribution in [0.15, 0.2) is 84.9 Å². The summed E-state index contributed by atoms with van der Waals surface area (Å²) in [5.41, 5.74) is 4.09. The van der Waals surface area contributed by atoms with E-state index < -0.39 is 0 Å². The Balaban J connectivity index is 0.000000323. The van der Waals surface area contributed by atoms with Gasteiger partial charge in [-0.05, 0) is 82.1 Å². The van der Waals surface area contributed by atoms with Crippen molar-refractivity contribution in [3.05, 3.63) is 102 Å². The number of rotatable bonds is 7. The van der Waals surface area contributed by atoms with Crippen LogP contribution in [0.2, 0.25) is 0 Å². The zero-order valence-corrected chi connectivity index (χ0v) is 20.8. The van der Waals surface area contributed by atoms with Crippen LogP contribution in [0.5, 0.6) is 5.75 Å². The maximum Gasteiger partial charge on any atom is 0.120 e. The van der Waals surface area contributed by atoms with Crippen LogP contribution < -0.4 is 10.1 Å². The molecule has 3 nitrogen and oxygen atoms in total. The molecule has 1 fully saturated rings. The van der Waals surface area contributed by atoms with E-state index in [1.54, 1.807) is 0 Å². The molecule has 0 saturated heterocycles. The molecule has 176 valence electrons. The summed E-state index contributed by atoms with van der Waals surface area (Å²) in [6, 6.07) is 30.1. The average molecular weight is 445 g/mol. The molecule has 3 aromatic rings. The molecule has 0 atom stereocenters. The van der Waals surface area contributed by atoms with Gasteiger partial charge in [-0.2, -0.15) is 0 Å². The lowest BCUT2D eigenvalue weighted by molar-refractivity contribution is 0.0867. The van der Waals surface area contributed by atoms with Crippen LogP contribution in [-0.2, 0) is 18.6 Å². The van der Waals surface area contributed by atoms with E-state index in [1.807, 2.05) is 12.1 Å². The summed E-state index contributed by atoms with van der Waals surface area (Å²) in [6.45, 7) is 2.77. The van der Waals surface area contributed by atoms with Crippen molar-refractivity contribution in [2.24, 2.45) is 0 Å². The fourth-order valence-electron chi connectivity index (χ4n) is 4.71. The summed E-state index contributed by atoms with van der Waals surface area (Å²) >= 11 is 0. The van der Waals surface area contributed by atoms with Crippen LogP contribution in [0.1, 0.15) is 49.3 Å². The number of aryl methyl sites for hydroxylation is 1. The van der Waals surface area contributed by atoms with Gasteiger partial charge in [0.15, 0.2) is 0 Å². The number of benzene rings is 3. The van der Waals surface area contributed by atoms with E-state index in [1.165, 1.54) is 42.4 Å². The van der Waals surface area contributed by atoms with Gasteiger partial charge in [-0.25, -0.2) is 0 Å². The molecule has 0 aromatic heterocycles. The molecule has 3 heteroatoms. The zero-order chi connectivity index (χ0) is 23.5. The molecule has 0 aliphatic heterocycles. The van der Waals surface area contributed by atoms with Gasteiger partial charge in [-0.15, -0.1) is 0 Å². The van der Waals surface area contributed by atoms with Crippen LogP contribution in [0.3, 0.4) is 0 Å². The summed E-state index contributed by atoms with van der Waals surface area (Å²) in [5, 5.41) is 3.44. The van der Waals surface area contributed by atoms with Crippen LogP contribution in [-0.4, -0.2) is 32.1 Å². The lowest BCUT2D eigenvalue weighted by Crippen LogP contribution is -2.47. The topological polar surface area (TPSA) is 24.5 Å². The van der Waals surface area contributed by atoms with Crippen molar-refractivity contribution in [1.29, 1.82) is 0 Å². The Morgan fingerprint density at radius 3 is 1.97 bits per heavy atom. The second-order valence-electron chi connectivity index (χ2n) is 9.13. The summed E-state index contributed by atoms with van der Waals surface area (Å²) in [7, 11) is 6.49. The van der Waals surface area contributed by atoms with Crippen molar-refractivity contribution in [1.82, 2.24) is 10.2 Å². The maximum atomic E-state index is 6.06. The van der Waals surface area contributed by atoms with E-state index >= 15 is 0 Å². The largest absolute Gasteiger partial charge is 0.489 e. The van der Waals surface area contributed by atoms with E-state index in [4.69, 9.17) is 4.74 Å². The predicted octanol–water partition coefficient (Wildman–Crippen LogP) is 6.43. The van der Waals surface area contributed by atoms with Crippen LogP contribution in [0, 0.1) is 0 Å². The van der Waals surface area contributed by atoms with Crippen molar-refractivity contribution in [2.45, 2.75) is 57.2 Å². The molecule has 1 saturated carbocycles. The normalized spacial score (nSPS) is 20.1. The van der Waals surface area contributed by atoms with E-state index in [9.17, 15) is 0 Å². The minimum atomic E-state index is 0.111. The molecule has 1 aliphatic carbocycles. The SMILES string of the molecule is CCc1ccccc1.CNC1CCC(c2cccc(OCc3ccccc3)c2)(N(C)C)CC1. The third kappa shape index (κ3) is 6.93. The van der Waals surface area contributed by atoms with Gasteiger partial charge in [0.2, 0.25) is 0 Å². The average Bonchev–Trinajstić information content (AvgIpc) is 2.89. The lowest BCUT2D eigenvalue weighted by Gasteiger charge is -2.45. The minimum Gasteiger partial charge on any atom is -0.489 e. The fraction of sp³-hybridized carbons (Fsp3) is 0.400. The van der Waals surface area contributed by atoms with E-state index in [-0.39, 0.29) is 5.54 Å². The van der Waals surface area contributed by atoms with Gasteiger partial charge in [0.1, 0.15) is 12.4 Å². The quantitative estimate of drug-likeness (QED) is 0.454. The number of ether oxygens (including phenoxy) is 1. The number of nitrogens with one attached hydrogen (secondary N) is 1. The molecule has 0 radical (unpaired) electrons. The van der Waals surface area contributed by atoms with E-state index in [2.05, 4.69) is 111 Å². The molecule has 0 bridgehead atoms. The Labute approximate surface area is 200 Å². The van der Waals surface area contributed by atoms with Crippen LogP contribution in [0.4, 0.5) is 0 Å². The summed E-state index contributed by atoms with van der Waals surface area (Å²) in [4.78, 5) is 2.40. The van der Waals surface area contributed by atoms with Crippen LogP contribution in [0.25, 0.3) is 0 Å². The second-order valence-corrected chi connectivity index (χ2v) is 9.13. The third-order valence-electron chi connectivity index (χ3n) is 6.95. The van der Waals surface area contributed by atoms with E-state index in [0.29, 0.717) is 12.6 Å². The van der Waals surface area contributed by atoms with Gasteiger partial charge < -0.3 is 10.1 Å². The van der Waals surface area contributed by atoms with Gasteiger partial charge in [0.05, 0.1) is 0 Å². The first-order chi connectivity index (χ1) is 16.1. The highest BCUT2D eigenvalue weighted by molar-refractivity contribution is 5.34. The molecule has 1 N–H and O–H groups in total. The number of hydrogen-bond acceptors (Lipinski definition) is 3. The van der Waals surface area contributed by atoms with E-state index in [0.717, 1.165) is 12.2 Å². The summed E-state index contributed by atoms with van der Waals surface area (Å²) in [5.74, 6) is 0.957. The number of nitrogens with zero attached hydrogens (tertiary/aromatic N) is 1. The lowest BCUT2D eigenvalue weighted by atomic mass is 9.74. The highest BCUT2D eigenvalue weighted by atomic mass is 16.5. The summed E-state index contributed by atoms with van der Waals surface area (Å²) < 4.78 is 6.06. The maximum absolute atomic E-state index is 6.06. The Morgan fingerprint density at radius 1 is 0.848 bits per heavy atom. The molecular weight excluding hydrogens is 404 g/mol. The molecule has 0 amide bonds. The van der Waals surface area contributed by atoms with Crippen molar-refractivity contribution < 1.29 is 4.74 Å².